The van der Waals surface area contributed by atoms with E-state index in [0.29, 0.717) is 19.5 Å². The Morgan fingerprint density at radius 2 is 2.40 bits per heavy atom. The van der Waals surface area contributed by atoms with E-state index in [0.717, 1.165) is 21.3 Å². The van der Waals surface area contributed by atoms with Crippen molar-refractivity contribution in [1.82, 2.24) is 25.2 Å². The molecule has 1 unspecified atom stereocenters. The van der Waals surface area contributed by atoms with Crippen LogP contribution in [0.25, 0.3) is 0 Å². The number of likely N-dealkylation sites (N-methyl/N-ethyl adjacent to an activating group) is 1. The van der Waals surface area contributed by atoms with Gasteiger partial charge in [0, 0.05) is 31.1 Å². The summed E-state index contributed by atoms with van der Waals surface area (Å²) in [5.74, 6) is 0.102. The number of thiazole rings is 1. The molecule has 0 saturated carbocycles. The molecule has 0 spiro atoms. The fraction of sp³-hybridized carbons (Fsp3) is 0.462. The lowest BCUT2D eigenvalue weighted by atomic mass is 10.0. The molecule has 3 heterocycles. The number of hydrogen-bond donors (Lipinski definition) is 2. The highest BCUT2D eigenvalue weighted by molar-refractivity contribution is 7.11. The molecule has 106 valence electrons. The molecule has 0 aromatic carbocycles. The predicted octanol–water partition coefficient (Wildman–Crippen LogP) is 0.848. The van der Waals surface area contributed by atoms with Crippen molar-refractivity contribution in [2.45, 2.75) is 32.5 Å². The second-order valence-corrected chi connectivity index (χ2v) is 6.32. The maximum atomic E-state index is 12.5. The Morgan fingerprint density at radius 1 is 1.55 bits per heavy atom. The zero-order valence-corrected chi connectivity index (χ0v) is 12.3. The largest absolute Gasteiger partial charge is 0.347 e. The monoisotopic (exact) mass is 291 g/mol. The molecule has 6 nitrogen and oxygen atoms in total. The SMILES string of the molecule is Cc1ncc(CN(C)C(=O)C2Cc3nc[nH]c3CN2)s1. The molecule has 0 fully saturated rings. The van der Waals surface area contributed by atoms with Crippen molar-refractivity contribution in [3.63, 3.8) is 0 Å². The fourth-order valence-corrected chi connectivity index (χ4v) is 3.25. The second kappa shape index (κ2) is 5.34. The molecule has 20 heavy (non-hydrogen) atoms. The predicted molar refractivity (Wildman–Crippen MR) is 76.2 cm³/mol. The standard InChI is InChI=1S/C13H17N5OS/c1-8-14-4-9(20-8)6-18(2)13(19)11-3-10-12(5-15-11)17-7-16-10/h4,7,11,15H,3,5-6H2,1-2H3,(H,16,17). The number of carbonyl (C=O) groups excluding carboxylic acids is 1. The van der Waals surface area contributed by atoms with Gasteiger partial charge in [-0.2, -0.15) is 0 Å². The van der Waals surface area contributed by atoms with Crippen LogP contribution in [0.4, 0.5) is 0 Å². The number of aromatic amines is 1. The van der Waals surface area contributed by atoms with Crippen LogP contribution < -0.4 is 5.32 Å². The van der Waals surface area contributed by atoms with Gasteiger partial charge in [0.1, 0.15) is 0 Å². The number of aryl methyl sites for hydroxylation is 1. The topological polar surface area (TPSA) is 73.9 Å². The molecule has 2 aromatic rings. The van der Waals surface area contributed by atoms with Crippen LogP contribution in [-0.2, 0) is 24.3 Å². The third kappa shape index (κ3) is 2.59. The van der Waals surface area contributed by atoms with E-state index in [-0.39, 0.29) is 11.9 Å². The molecule has 1 aliphatic rings. The zero-order valence-electron chi connectivity index (χ0n) is 11.5. The molecule has 0 aliphatic carbocycles. The van der Waals surface area contributed by atoms with Gasteiger partial charge in [-0.15, -0.1) is 11.3 Å². The highest BCUT2D eigenvalue weighted by Gasteiger charge is 2.28. The normalized spacial score (nSPS) is 17.8. The average molecular weight is 291 g/mol. The van der Waals surface area contributed by atoms with E-state index in [4.69, 9.17) is 0 Å². The highest BCUT2D eigenvalue weighted by Crippen LogP contribution is 2.16. The molecule has 2 aromatic heterocycles. The highest BCUT2D eigenvalue weighted by atomic mass is 32.1. The van der Waals surface area contributed by atoms with E-state index in [1.54, 1.807) is 22.6 Å². The number of carbonyl (C=O) groups is 1. The van der Waals surface area contributed by atoms with Crippen LogP contribution in [0.5, 0.6) is 0 Å². The van der Waals surface area contributed by atoms with Crippen molar-refractivity contribution in [1.29, 1.82) is 0 Å². The first kappa shape index (κ1) is 13.3. The van der Waals surface area contributed by atoms with E-state index >= 15 is 0 Å². The fourth-order valence-electron chi connectivity index (χ4n) is 2.40. The van der Waals surface area contributed by atoms with Crippen molar-refractivity contribution in [2.24, 2.45) is 0 Å². The van der Waals surface area contributed by atoms with Gasteiger partial charge in [-0.3, -0.25) is 10.1 Å². The van der Waals surface area contributed by atoms with Crippen molar-refractivity contribution in [2.75, 3.05) is 7.05 Å². The van der Waals surface area contributed by atoms with Crippen LogP contribution in [-0.4, -0.2) is 38.8 Å². The number of hydrogen-bond acceptors (Lipinski definition) is 5. The quantitative estimate of drug-likeness (QED) is 0.879. The van der Waals surface area contributed by atoms with Crippen molar-refractivity contribution in [3.8, 4) is 0 Å². The Hall–Kier alpha value is -1.73. The van der Waals surface area contributed by atoms with Gasteiger partial charge in [-0.05, 0) is 6.92 Å². The summed E-state index contributed by atoms with van der Waals surface area (Å²) >= 11 is 1.63. The second-order valence-electron chi connectivity index (χ2n) is 5.01. The number of nitrogens with zero attached hydrogens (tertiary/aromatic N) is 3. The molecule has 1 amide bonds. The number of rotatable bonds is 3. The maximum Gasteiger partial charge on any atom is 0.240 e. The van der Waals surface area contributed by atoms with Crippen molar-refractivity contribution < 1.29 is 4.79 Å². The van der Waals surface area contributed by atoms with Gasteiger partial charge in [0.05, 0.1) is 35.3 Å². The van der Waals surface area contributed by atoms with Crippen LogP contribution in [0.3, 0.4) is 0 Å². The summed E-state index contributed by atoms with van der Waals surface area (Å²) in [6.07, 6.45) is 4.16. The average Bonchev–Trinajstić information content (AvgIpc) is 3.05. The van der Waals surface area contributed by atoms with Gasteiger partial charge in [0.25, 0.3) is 0 Å². The summed E-state index contributed by atoms with van der Waals surface area (Å²) in [5.41, 5.74) is 2.07. The minimum atomic E-state index is -0.190. The first-order valence-electron chi connectivity index (χ1n) is 6.54. The number of aromatic nitrogens is 3. The Bertz CT molecular complexity index is 620. The Labute approximate surface area is 121 Å². The van der Waals surface area contributed by atoms with Gasteiger partial charge in [-0.1, -0.05) is 0 Å². The van der Waals surface area contributed by atoms with Crippen LogP contribution in [0, 0.1) is 6.92 Å². The van der Waals surface area contributed by atoms with Gasteiger partial charge in [-0.25, -0.2) is 9.97 Å². The van der Waals surface area contributed by atoms with Crippen molar-refractivity contribution in [3.05, 3.63) is 33.8 Å². The van der Waals surface area contributed by atoms with Gasteiger partial charge >= 0.3 is 0 Å². The molecule has 0 saturated heterocycles. The number of imidazole rings is 1. The van der Waals surface area contributed by atoms with E-state index < -0.39 is 0 Å². The van der Waals surface area contributed by atoms with Crippen molar-refractivity contribution >= 4 is 17.2 Å². The molecular formula is C13H17N5OS. The number of nitrogens with one attached hydrogen (secondary N) is 2. The van der Waals surface area contributed by atoms with Gasteiger partial charge in [0.2, 0.25) is 5.91 Å². The molecular weight excluding hydrogens is 274 g/mol. The lowest BCUT2D eigenvalue weighted by Gasteiger charge is -2.26. The maximum absolute atomic E-state index is 12.5. The van der Waals surface area contributed by atoms with E-state index in [9.17, 15) is 4.79 Å². The molecule has 3 rings (SSSR count). The summed E-state index contributed by atoms with van der Waals surface area (Å²) in [6, 6.07) is -0.190. The molecule has 2 N–H and O–H groups in total. The molecule has 1 atom stereocenters. The van der Waals surface area contributed by atoms with E-state index in [1.807, 2.05) is 20.2 Å². The molecule has 1 aliphatic heterocycles. The first-order chi connectivity index (χ1) is 9.63. The lowest BCUT2D eigenvalue weighted by molar-refractivity contribution is -0.132. The van der Waals surface area contributed by atoms with Gasteiger partial charge in [0.15, 0.2) is 0 Å². The molecule has 0 radical (unpaired) electrons. The number of amides is 1. The Balaban J connectivity index is 1.64. The summed E-state index contributed by atoms with van der Waals surface area (Å²) < 4.78 is 0. The minimum absolute atomic E-state index is 0.102. The summed E-state index contributed by atoms with van der Waals surface area (Å²) in [6.45, 7) is 3.24. The van der Waals surface area contributed by atoms with Crippen LogP contribution in [0.1, 0.15) is 21.3 Å². The summed E-state index contributed by atoms with van der Waals surface area (Å²) in [4.78, 5) is 26.9. The van der Waals surface area contributed by atoms with Crippen LogP contribution in [0.2, 0.25) is 0 Å². The lowest BCUT2D eigenvalue weighted by Crippen LogP contribution is -2.48. The third-order valence-corrected chi connectivity index (χ3v) is 4.36. The van der Waals surface area contributed by atoms with Crippen LogP contribution in [0.15, 0.2) is 12.5 Å². The zero-order chi connectivity index (χ0) is 14.1. The third-order valence-electron chi connectivity index (χ3n) is 3.47. The number of H-pyrrole nitrogens is 1. The summed E-state index contributed by atoms with van der Waals surface area (Å²) in [5, 5.41) is 4.28. The Kier molecular flexibility index (Phi) is 3.54. The Morgan fingerprint density at radius 3 is 3.15 bits per heavy atom. The summed E-state index contributed by atoms with van der Waals surface area (Å²) in [7, 11) is 1.83. The smallest absolute Gasteiger partial charge is 0.240 e. The molecule has 7 heteroatoms. The van der Waals surface area contributed by atoms with Crippen LogP contribution >= 0.6 is 11.3 Å². The first-order valence-corrected chi connectivity index (χ1v) is 7.36. The van der Waals surface area contributed by atoms with E-state index in [1.165, 1.54) is 0 Å². The van der Waals surface area contributed by atoms with Gasteiger partial charge < -0.3 is 9.88 Å². The number of fused-ring (bicyclic) bond motifs is 1. The van der Waals surface area contributed by atoms with E-state index in [2.05, 4.69) is 20.3 Å². The minimum Gasteiger partial charge on any atom is -0.347 e. The molecule has 0 bridgehead atoms.